The molecule has 19 heavy (non-hydrogen) atoms. The van der Waals surface area contributed by atoms with Crippen LogP contribution >= 0.6 is 15.9 Å². The average molecular weight is 351 g/mol. The smallest absolute Gasteiger partial charge is 0.247 e. The number of nitrogens with zero attached hydrogens (tertiary/aromatic N) is 1. The summed E-state index contributed by atoms with van der Waals surface area (Å²) in [5.41, 5.74) is 0. The minimum Gasteiger partial charge on any atom is -0.452 e. The largest absolute Gasteiger partial charge is 0.452 e. The quantitative estimate of drug-likeness (QED) is 0.766. The molecule has 0 radical (unpaired) electrons. The van der Waals surface area contributed by atoms with Gasteiger partial charge in [-0.15, -0.1) is 6.58 Å². The first-order valence-corrected chi connectivity index (χ1v) is 8.11. The van der Waals surface area contributed by atoms with E-state index in [4.69, 9.17) is 4.42 Å². The van der Waals surface area contributed by atoms with Crippen LogP contribution < -0.4 is 5.32 Å². The van der Waals surface area contributed by atoms with E-state index in [0.29, 0.717) is 18.3 Å². The summed E-state index contributed by atoms with van der Waals surface area (Å²) in [5.74, 6) is 0.575. The third-order valence-electron chi connectivity index (χ3n) is 2.47. The molecule has 0 aliphatic rings. The van der Waals surface area contributed by atoms with Crippen molar-refractivity contribution in [2.45, 2.75) is 31.3 Å². The number of hydrogen-bond donors (Lipinski definition) is 1. The summed E-state index contributed by atoms with van der Waals surface area (Å²) in [6.07, 6.45) is 1.53. The molecule has 1 aromatic rings. The molecule has 5 nitrogen and oxygen atoms in total. The number of halogens is 1. The molecule has 0 unspecified atom stereocenters. The second-order valence-electron chi connectivity index (χ2n) is 4.46. The minimum absolute atomic E-state index is 0.136. The van der Waals surface area contributed by atoms with Gasteiger partial charge in [0.25, 0.3) is 0 Å². The molecule has 0 amide bonds. The Morgan fingerprint density at radius 2 is 2.21 bits per heavy atom. The van der Waals surface area contributed by atoms with Crippen LogP contribution in [0.5, 0.6) is 0 Å². The summed E-state index contributed by atoms with van der Waals surface area (Å²) in [6.45, 7) is 8.28. The van der Waals surface area contributed by atoms with E-state index in [1.165, 1.54) is 23.5 Å². The first-order valence-electron chi connectivity index (χ1n) is 5.88. The van der Waals surface area contributed by atoms with Gasteiger partial charge < -0.3 is 9.73 Å². The van der Waals surface area contributed by atoms with E-state index < -0.39 is 10.0 Å². The number of likely N-dealkylation sites (N-methyl/N-ethyl adjacent to an activating group) is 1. The predicted octanol–water partition coefficient (Wildman–Crippen LogP) is 2.35. The Hall–Kier alpha value is -0.630. The Balaban J connectivity index is 2.98. The van der Waals surface area contributed by atoms with Crippen molar-refractivity contribution in [1.82, 2.24) is 9.62 Å². The molecule has 0 saturated carbocycles. The molecule has 0 aliphatic heterocycles. The van der Waals surface area contributed by atoms with Gasteiger partial charge in [0.15, 0.2) is 4.67 Å². The van der Waals surface area contributed by atoms with Crippen LogP contribution in [0.15, 0.2) is 32.7 Å². The van der Waals surface area contributed by atoms with Crippen molar-refractivity contribution in [2.75, 3.05) is 13.6 Å². The van der Waals surface area contributed by atoms with Crippen LogP contribution in [0.4, 0.5) is 0 Å². The van der Waals surface area contributed by atoms with E-state index in [2.05, 4.69) is 27.8 Å². The summed E-state index contributed by atoms with van der Waals surface area (Å²) in [5, 5.41) is 3.17. The van der Waals surface area contributed by atoms with Crippen LogP contribution in [-0.2, 0) is 16.6 Å². The summed E-state index contributed by atoms with van der Waals surface area (Å²) in [7, 11) is -2.05. The third-order valence-corrected chi connectivity index (χ3v) is 5.15. The number of sulfonamides is 1. The van der Waals surface area contributed by atoms with E-state index >= 15 is 0 Å². The molecule has 1 aromatic heterocycles. The second kappa shape index (κ2) is 6.69. The van der Waals surface area contributed by atoms with Crippen LogP contribution in [0.2, 0.25) is 0 Å². The lowest BCUT2D eigenvalue weighted by molar-refractivity contribution is 0.445. The Labute approximate surface area is 122 Å². The zero-order valence-electron chi connectivity index (χ0n) is 11.3. The van der Waals surface area contributed by atoms with Gasteiger partial charge >= 0.3 is 0 Å². The van der Waals surface area contributed by atoms with Gasteiger partial charge in [-0.3, -0.25) is 0 Å². The van der Waals surface area contributed by atoms with Crippen molar-refractivity contribution >= 4 is 26.0 Å². The van der Waals surface area contributed by atoms with Crippen molar-refractivity contribution in [3.63, 3.8) is 0 Å². The van der Waals surface area contributed by atoms with Crippen LogP contribution in [0.25, 0.3) is 0 Å². The van der Waals surface area contributed by atoms with E-state index in [1.54, 1.807) is 0 Å². The zero-order chi connectivity index (χ0) is 14.6. The Morgan fingerprint density at radius 1 is 1.58 bits per heavy atom. The van der Waals surface area contributed by atoms with Crippen LogP contribution in [0.1, 0.15) is 19.6 Å². The molecule has 1 rings (SSSR count). The molecule has 0 aliphatic carbocycles. The third kappa shape index (κ3) is 4.17. The van der Waals surface area contributed by atoms with Gasteiger partial charge in [-0.2, -0.15) is 4.31 Å². The molecule has 1 heterocycles. The number of hydrogen-bond acceptors (Lipinski definition) is 4. The van der Waals surface area contributed by atoms with Gasteiger partial charge in [-0.05, 0) is 15.9 Å². The lowest BCUT2D eigenvalue weighted by Gasteiger charge is -2.13. The number of rotatable bonds is 7. The van der Waals surface area contributed by atoms with Gasteiger partial charge in [0, 0.05) is 25.7 Å². The fourth-order valence-electron chi connectivity index (χ4n) is 1.41. The lowest BCUT2D eigenvalue weighted by atomic mass is 10.3. The summed E-state index contributed by atoms with van der Waals surface area (Å²) >= 11 is 3.15. The lowest BCUT2D eigenvalue weighted by Crippen LogP contribution is -2.27. The van der Waals surface area contributed by atoms with Gasteiger partial charge in [0.05, 0.1) is 6.54 Å². The Kier molecular flexibility index (Phi) is 5.79. The molecular formula is C12H19BrN2O3S. The molecule has 7 heteroatoms. The summed E-state index contributed by atoms with van der Waals surface area (Å²) in [6, 6.07) is 1.83. The van der Waals surface area contributed by atoms with Crippen LogP contribution in [0.3, 0.4) is 0 Å². The van der Waals surface area contributed by atoms with E-state index in [9.17, 15) is 8.42 Å². The molecule has 0 spiro atoms. The van der Waals surface area contributed by atoms with E-state index in [1.807, 2.05) is 13.8 Å². The summed E-state index contributed by atoms with van der Waals surface area (Å²) < 4.78 is 31.4. The highest BCUT2D eigenvalue weighted by Gasteiger charge is 2.26. The molecule has 0 fully saturated rings. The summed E-state index contributed by atoms with van der Waals surface area (Å²) in [4.78, 5) is 0.136. The minimum atomic E-state index is -3.56. The predicted molar refractivity (Wildman–Crippen MR) is 78.4 cm³/mol. The average Bonchev–Trinajstić information content (AvgIpc) is 2.69. The molecule has 0 saturated heterocycles. The topological polar surface area (TPSA) is 62.6 Å². The van der Waals surface area contributed by atoms with Crippen molar-refractivity contribution < 1.29 is 12.8 Å². The molecule has 108 valence electrons. The monoisotopic (exact) mass is 350 g/mol. The number of nitrogens with one attached hydrogen (secondary N) is 1. The van der Waals surface area contributed by atoms with Crippen molar-refractivity contribution in [3.8, 4) is 0 Å². The molecule has 1 N–H and O–H groups in total. The Morgan fingerprint density at radius 3 is 2.74 bits per heavy atom. The fourth-order valence-corrected chi connectivity index (χ4v) is 3.51. The van der Waals surface area contributed by atoms with Crippen LogP contribution in [-0.4, -0.2) is 32.4 Å². The maximum absolute atomic E-state index is 12.3. The molecule has 0 aromatic carbocycles. The van der Waals surface area contributed by atoms with E-state index in [0.717, 1.165) is 0 Å². The van der Waals surface area contributed by atoms with Gasteiger partial charge in [-0.25, -0.2) is 8.42 Å². The van der Waals surface area contributed by atoms with Gasteiger partial charge in [-0.1, -0.05) is 19.9 Å². The molecule has 0 bridgehead atoms. The molecule has 0 atom stereocenters. The van der Waals surface area contributed by atoms with Crippen molar-refractivity contribution in [3.05, 3.63) is 29.2 Å². The van der Waals surface area contributed by atoms with Gasteiger partial charge in [0.2, 0.25) is 10.0 Å². The standard InChI is InChI=1S/C12H19BrN2O3S/c1-5-6-15(4)19(16,17)11-7-10(18-12(11)13)8-14-9(2)3/h5,7,9,14H,1,6,8H2,2-4H3. The highest BCUT2D eigenvalue weighted by atomic mass is 79.9. The SMILES string of the molecule is C=CCN(C)S(=O)(=O)c1cc(CNC(C)C)oc1Br. The highest BCUT2D eigenvalue weighted by molar-refractivity contribution is 9.10. The highest BCUT2D eigenvalue weighted by Crippen LogP contribution is 2.28. The van der Waals surface area contributed by atoms with E-state index in [-0.39, 0.29) is 16.1 Å². The van der Waals surface area contributed by atoms with Crippen molar-refractivity contribution in [2.24, 2.45) is 0 Å². The number of furan rings is 1. The first-order chi connectivity index (χ1) is 8.78. The molecular weight excluding hydrogens is 332 g/mol. The second-order valence-corrected chi connectivity index (χ2v) is 7.19. The normalized spacial score (nSPS) is 12.3. The maximum atomic E-state index is 12.3. The first kappa shape index (κ1) is 16.4. The Bertz CT molecular complexity index is 537. The maximum Gasteiger partial charge on any atom is 0.247 e. The van der Waals surface area contributed by atoms with Gasteiger partial charge in [0.1, 0.15) is 10.7 Å². The van der Waals surface area contributed by atoms with Crippen LogP contribution in [0, 0.1) is 0 Å². The van der Waals surface area contributed by atoms with Crippen molar-refractivity contribution in [1.29, 1.82) is 0 Å². The zero-order valence-corrected chi connectivity index (χ0v) is 13.7. The fraction of sp³-hybridized carbons (Fsp3) is 0.500.